The predicted molar refractivity (Wildman–Crippen MR) is 130 cm³/mol. The highest BCUT2D eigenvalue weighted by Gasteiger charge is 2.15. The molecule has 4 rings (SSSR count). The van der Waals surface area contributed by atoms with E-state index in [1.165, 1.54) is 18.1 Å². The van der Waals surface area contributed by atoms with Crippen LogP contribution in [0.25, 0.3) is 16.7 Å². The van der Waals surface area contributed by atoms with Gasteiger partial charge in [-0.15, -0.1) is 0 Å². The molecule has 0 saturated heterocycles. The minimum atomic E-state index is -0.164. The molecule has 2 N–H and O–H groups in total. The first-order valence-electron chi connectivity index (χ1n) is 11.0. The number of aromatic nitrogens is 2. The van der Waals surface area contributed by atoms with E-state index in [9.17, 15) is 9.59 Å². The molecule has 0 aliphatic carbocycles. The van der Waals surface area contributed by atoms with Gasteiger partial charge < -0.3 is 15.1 Å². The number of carbonyl (C=O) groups is 2. The molecule has 0 atom stereocenters. The second kappa shape index (κ2) is 8.94. The molecule has 170 valence electrons. The lowest BCUT2D eigenvalue weighted by molar-refractivity contribution is -0.116. The third-order valence-corrected chi connectivity index (χ3v) is 5.55. The lowest BCUT2D eigenvalue weighted by Gasteiger charge is -2.10. The maximum absolute atomic E-state index is 12.7. The minimum absolute atomic E-state index is 0.119. The molecule has 0 aliphatic rings. The number of rotatable bonds is 6. The Morgan fingerprint density at radius 1 is 1.06 bits per heavy atom. The van der Waals surface area contributed by atoms with Crippen molar-refractivity contribution in [3.63, 3.8) is 0 Å². The van der Waals surface area contributed by atoms with Gasteiger partial charge in [0.1, 0.15) is 11.4 Å². The van der Waals surface area contributed by atoms with Crippen molar-refractivity contribution in [3.05, 3.63) is 71.1 Å². The van der Waals surface area contributed by atoms with Crippen LogP contribution in [-0.4, -0.2) is 21.6 Å². The highest BCUT2D eigenvalue weighted by atomic mass is 16.3. The third kappa shape index (κ3) is 4.82. The van der Waals surface area contributed by atoms with Gasteiger partial charge in [0.05, 0.1) is 24.1 Å². The van der Waals surface area contributed by atoms with Crippen LogP contribution in [0.3, 0.4) is 0 Å². The van der Waals surface area contributed by atoms with Crippen molar-refractivity contribution in [1.29, 1.82) is 0 Å². The van der Waals surface area contributed by atoms with Crippen LogP contribution in [0, 0.1) is 13.8 Å². The van der Waals surface area contributed by atoms with Crippen LogP contribution < -0.4 is 10.6 Å². The fourth-order valence-corrected chi connectivity index (χ4v) is 4.03. The SMILES string of the molecule is CC(=O)Nc1cc(C)nn1-c1ccc(NC(=O)Cc2coc3cc(C)c(C(C)C)cc23)cc1. The van der Waals surface area contributed by atoms with Crippen molar-refractivity contribution < 1.29 is 14.0 Å². The Morgan fingerprint density at radius 2 is 1.79 bits per heavy atom. The molecule has 2 aromatic carbocycles. The molecule has 7 heteroatoms. The monoisotopic (exact) mass is 444 g/mol. The molecule has 0 aliphatic heterocycles. The number of furan rings is 1. The molecule has 0 radical (unpaired) electrons. The summed E-state index contributed by atoms with van der Waals surface area (Å²) in [4.78, 5) is 24.2. The Hall–Kier alpha value is -3.87. The van der Waals surface area contributed by atoms with E-state index in [1.54, 1.807) is 17.0 Å². The van der Waals surface area contributed by atoms with Crippen LogP contribution in [0.1, 0.15) is 49.1 Å². The Labute approximate surface area is 192 Å². The topological polar surface area (TPSA) is 89.2 Å². The number of aryl methyl sites for hydroxylation is 2. The second-order valence-corrected chi connectivity index (χ2v) is 8.66. The molecule has 33 heavy (non-hydrogen) atoms. The quantitative estimate of drug-likeness (QED) is 0.411. The summed E-state index contributed by atoms with van der Waals surface area (Å²) in [5.41, 5.74) is 6.37. The van der Waals surface area contributed by atoms with Crippen LogP contribution >= 0.6 is 0 Å². The number of fused-ring (bicyclic) bond motifs is 1. The first-order valence-corrected chi connectivity index (χ1v) is 11.0. The molecule has 7 nitrogen and oxygen atoms in total. The van der Waals surface area contributed by atoms with E-state index in [4.69, 9.17) is 4.42 Å². The second-order valence-electron chi connectivity index (χ2n) is 8.66. The summed E-state index contributed by atoms with van der Waals surface area (Å²) >= 11 is 0. The summed E-state index contributed by atoms with van der Waals surface area (Å²) in [5.74, 6) is 0.710. The third-order valence-electron chi connectivity index (χ3n) is 5.55. The highest BCUT2D eigenvalue weighted by Crippen LogP contribution is 2.29. The van der Waals surface area contributed by atoms with E-state index < -0.39 is 0 Å². The van der Waals surface area contributed by atoms with Crippen LogP contribution in [0.2, 0.25) is 0 Å². The average molecular weight is 445 g/mol. The van der Waals surface area contributed by atoms with Crippen LogP contribution in [-0.2, 0) is 16.0 Å². The summed E-state index contributed by atoms with van der Waals surface area (Å²) in [6, 6.07) is 13.3. The summed E-state index contributed by atoms with van der Waals surface area (Å²) in [6.07, 6.45) is 1.89. The Kier molecular flexibility index (Phi) is 6.05. The van der Waals surface area contributed by atoms with Gasteiger partial charge in [-0.3, -0.25) is 9.59 Å². The Balaban J connectivity index is 1.49. The van der Waals surface area contributed by atoms with Crippen LogP contribution in [0.4, 0.5) is 11.5 Å². The zero-order chi connectivity index (χ0) is 23.7. The molecule has 2 amide bonds. The van der Waals surface area contributed by atoms with Crippen molar-refractivity contribution in [3.8, 4) is 5.69 Å². The Morgan fingerprint density at radius 3 is 2.45 bits per heavy atom. The van der Waals surface area contributed by atoms with Crippen molar-refractivity contribution >= 4 is 34.3 Å². The fourth-order valence-electron chi connectivity index (χ4n) is 4.03. The summed E-state index contributed by atoms with van der Waals surface area (Å²) < 4.78 is 7.36. The first kappa shape index (κ1) is 22.3. The molecule has 0 fully saturated rings. The van der Waals surface area contributed by atoms with E-state index in [-0.39, 0.29) is 18.2 Å². The van der Waals surface area contributed by atoms with Crippen molar-refractivity contribution in [2.45, 2.75) is 47.0 Å². The van der Waals surface area contributed by atoms with Gasteiger partial charge in [-0.25, -0.2) is 4.68 Å². The van der Waals surface area contributed by atoms with Gasteiger partial charge in [0.2, 0.25) is 11.8 Å². The molecule has 0 saturated carbocycles. The van der Waals surface area contributed by atoms with Crippen molar-refractivity contribution in [2.75, 3.05) is 10.6 Å². The lowest BCUT2D eigenvalue weighted by atomic mass is 9.95. The zero-order valence-electron chi connectivity index (χ0n) is 19.5. The number of hydrogen-bond acceptors (Lipinski definition) is 4. The normalized spacial score (nSPS) is 11.2. The van der Waals surface area contributed by atoms with Gasteiger partial charge in [0, 0.05) is 29.6 Å². The van der Waals surface area contributed by atoms with E-state index in [0.717, 1.165) is 27.9 Å². The number of anilines is 2. The number of hydrogen-bond donors (Lipinski definition) is 2. The summed E-state index contributed by atoms with van der Waals surface area (Å²) in [6.45, 7) is 9.72. The standard InChI is InChI=1S/C26H28N4O3/c1-15(2)22-13-23-19(14-33-24(23)10-16(22)3)12-26(32)28-20-6-8-21(9-7-20)30-25(27-18(5)31)11-17(4)29-30/h6-11,13-15H,12H2,1-5H3,(H,27,31)(H,28,32). The number of benzene rings is 2. The Bertz CT molecular complexity index is 1330. The summed E-state index contributed by atoms with van der Waals surface area (Å²) in [5, 5.41) is 11.1. The largest absolute Gasteiger partial charge is 0.464 e. The van der Waals surface area contributed by atoms with E-state index in [2.05, 4.69) is 42.6 Å². The fraction of sp³-hybridized carbons (Fsp3) is 0.269. The van der Waals surface area contributed by atoms with Crippen LogP contribution in [0.15, 0.2) is 53.1 Å². The predicted octanol–water partition coefficient (Wildman–Crippen LogP) is 5.50. The number of nitrogens with one attached hydrogen (secondary N) is 2. The first-order chi connectivity index (χ1) is 15.7. The molecular weight excluding hydrogens is 416 g/mol. The molecular formula is C26H28N4O3. The summed E-state index contributed by atoms with van der Waals surface area (Å²) in [7, 11) is 0. The van der Waals surface area contributed by atoms with Crippen molar-refractivity contribution in [1.82, 2.24) is 9.78 Å². The van der Waals surface area contributed by atoms with Gasteiger partial charge in [-0.05, 0) is 67.3 Å². The van der Waals surface area contributed by atoms with Gasteiger partial charge in [-0.1, -0.05) is 13.8 Å². The van der Waals surface area contributed by atoms with Gasteiger partial charge >= 0.3 is 0 Å². The maximum atomic E-state index is 12.7. The van der Waals surface area contributed by atoms with Crippen LogP contribution in [0.5, 0.6) is 0 Å². The molecule has 2 heterocycles. The van der Waals surface area contributed by atoms with E-state index in [0.29, 0.717) is 17.4 Å². The van der Waals surface area contributed by atoms with E-state index in [1.807, 2.05) is 37.3 Å². The van der Waals surface area contributed by atoms with Gasteiger partial charge in [-0.2, -0.15) is 5.10 Å². The highest BCUT2D eigenvalue weighted by molar-refractivity contribution is 5.95. The number of carbonyl (C=O) groups excluding carboxylic acids is 2. The van der Waals surface area contributed by atoms with E-state index >= 15 is 0 Å². The molecule has 0 unspecified atom stereocenters. The smallest absolute Gasteiger partial charge is 0.228 e. The molecule has 4 aromatic rings. The zero-order valence-corrected chi connectivity index (χ0v) is 19.5. The van der Waals surface area contributed by atoms with Crippen molar-refractivity contribution in [2.24, 2.45) is 0 Å². The van der Waals surface area contributed by atoms with Gasteiger partial charge in [0.25, 0.3) is 0 Å². The minimum Gasteiger partial charge on any atom is -0.464 e. The average Bonchev–Trinajstić information content (AvgIpc) is 3.29. The molecule has 0 spiro atoms. The molecule has 2 aromatic heterocycles. The maximum Gasteiger partial charge on any atom is 0.228 e. The van der Waals surface area contributed by atoms with Gasteiger partial charge in [0.15, 0.2) is 0 Å². The lowest BCUT2D eigenvalue weighted by Crippen LogP contribution is -2.14. The molecule has 0 bridgehead atoms. The number of amides is 2. The number of nitrogens with zero attached hydrogens (tertiary/aromatic N) is 2.